The predicted octanol–water partition coefficient (Wildman–Crippen LogP) is 4.86. The Balaban J connectivity index is 1.35. The summed E-state index contributed by atoms with van der Waals surface area (Å²) >= 11 is 0. The molecule has 4 nitrogen and oxygen atoms in total. The highest BCUT2D eigenvalue weighted by molar-refractivity contribution is 5.88. The zero-order valence-corrected chi connectivity index (χ0v) is 18.4. The zero-order valence-electron chi connectivity index (χ0n) is 18.4. The lowest BCUT2D eigenvalue weighted by Gasteiger charge is -2.64. The minimum absolute atomic E-state index is 0.160. The first-order valence-electron chi connectivity index (χ1n) is 12.5. The largest absolute Gasteiger partial charge is 0.353 e. The summed E-state index contributed by atoms with van der Waals surface area (Å²) in [6.07, 6.45) is 18.1. The molecule has 2 amide bonds. The Bertz CT molecular complexity index is 614. The van der Waals surface area contributed by atoms with E-state index in [-0.39, 0.29) is 28.1 Å². The summed E-state index contributed by atoms with van der Waals surface area (Å²) in [7, 11) is 0. The van der Waals surface area contributed by atoms with Gasteiger partial charge < -0.3 is 10.6 Å². The topological polar surface area (TPSA) is 58.2 Å². The molecule has 2 atom stereocenters. The summed E-state index contributed by atoms with van der Waals surface area (Å²) in [6, 6.07) is 0.730. The monoisotopic (exact) mass is 400 g/mol. The summed E-state index contributed by atoms with van der Waals surface area (Å²) in [6.45, 7) is 2.36. The van der Waals surface area contributed by atoms with Crippen LogP contribution in [0.5, 0.6) is 0 Å². The first-order chi connectivity index (χ1) is 13.9. The minimum Gasteiger partial charge on any atom is -0.353 e. The van der Waals surface area contributed by atoms with Crippen LogP contribution in [0.2, 0.25) is 0 Å². The van der Waals surface area contributed by atoms with E-state index in [0.29, 0.717) is 18.0 Å². The number of carbonyl (C=O) groups is 2. The van der Waals surface area contributed by atoms with Crippen molar-refractivity contribution >= 4 is 11.8 Å². The van der Waals surface area contributed by atoms with Crippen molar-refractivity contribution in [1.82, 2.24) is 10.6 Å². The Hall–Kier alpha value is -1.06. The van der Waals surface area contributed by atoms with Crippen LogP contribution >= 0.6 is 0 Å². The fourth-order valence-corrected chi connectivity index (χ4v) is 8.60. The Morgan fingerprint density at radius 1 is 0.655 bits per heavy atom. The lowest BCUT2D eigenvalue weighted by atomic mass is 9.39. The summed E-state index contributed by atoms with van der Waals surface area (Å²) < 4.78 is 0. The van der Waals surface area contributed by atoms with Gasteiger partial charge in [-0.1, -0.05) is 45.4 Å². The second kappa shape index (κ2) is 7.27. The maximum absolute atomic E-state index is 13.6. The van der Waals surface area contributed by atoms with E-state index in [1.165, 1.54) is 44.9 Å². The molecule has 4 heteroatoms. The summed E-state index contributed by atoms with van der Waals surface area (Å²) in [5.41, 5.74) is -0.432. The highest BCUT2D eigenvalue weighted by Crippen LogP contribution is 2.69. The average Bonchev–Trinajstić information content (AvgIpc) is 2.68. The normalized spacial score (nSPS) is 42.6. The van der Waals surface area contributed by atoms with E-state index in [2.05, 4.69) is 17.6 Å². The van der Waals surface area contributed by atoms with Crippen molar-refractivity contribution in [2.75, 3.05) is 0 Å². The summed E-state index contributed by atoms with van der Waals surface area (Å²) in [5, 5.41) is 6.92. The van der Waals surface area contributed by atoms with Gasteiger partial charge in [-0.3, -0.25) is 9.59 Å². The standard InChI is InChI=1S/C25H40N2O2/c1-23-12-18-13-24(15-23,21(28)26-19-8-4-2-5-9-19)17-25(14-18,16-23)22(29)27-20-10-6-3-7-11-20/h18-20H,2-17H2,1H3,(H,26,28)(H,27,29). The third-order valence-electron chi connectivity index (χ3n) is 9.19. The molecule has 2 N–H and O–H groups in total. The van der Waals surface area contributed by atoms with E-state index in [4.69, 9.17) is 0 Å². The van der Waals surface area contributed by atoms with E-state index in [1.54, 1.807) is 0 Å². The van der Waals surface area contributed by atoms with Crippen LogP contribution in [0, 0.1) is 22.2 Å². The Morgan fingerprint density at radius 2 is 1.10 bits per heavy atom. The van der Waals surface area contributed by atoms with Gasteiger partial charge in [0, 0.05) is 12.1 Å². The molecular formula is C25H40N2O2. The lowest BCUT2D eigenvalue weighted by Crippen LogP contribution is -2.65. The summed E-state index contributed by atoms with van der Waals surface area (Å²) in [5.74, 6) is 1.12. The smallest absolute Gasteiger partial charge is 0.226 e. The Morgan fingerprint density at radius 3 is 1.52 bits per heavy atom. The Kier molecular flexibility index (Phi) is 4.98. The van der Waals surface area contributed by atoms with Crippen molar-refractivity contribution in [2.45, 2.75) is 122 Å². The van der Waals surface area contributed by atoms with Crippen molar-refractivity contribution < 1.29 is 9.59 Å². The number of carbonyl (C=O) groups excluding carboxylic acids is 2. The number of amides is 2. The van der Waals surface area contributed by atoms with Crippen molar-refractivity contribution in [1.29, 1.82) is 0 Å². The molecule has 0 aromatic rings. The number of hydrogen-bond donors (Lipinski definition) is 2. The van der Waals surface area contributed by atoms with Crippen molar-refractivity contribution in [3.8, 4) is 0 Å². The number of nitrogens with one attached hydrogen (secondary N) is 2. The van der Waals surface area contributed by atoms with Crippen LogP contribution in [0.3, 0.4) is 0 Å². The molecule has 0 aromatic carbocycles. The van der Waals surface area contributed by atoms with E-state index in [9.17, 15) is 9.59 Å². The fourth-order valence-electron chi connectivity index (χ4n) is 8.60. The molecule has 6 aliphatic carbocycles. The third-order valence-corrected chi connectivity index (χ3v) is 9.19. The second-order valence-corrected chi connectivity index (χ2v) is 12.0. The Labute approximate surface area is 176 Å². The molecule has 0 saturated heterocycles. The second-order valence-electron chi connectivity index (χ2n) is 12.0. The molecule has 6 saturated carbocycles. The van der Waals surface area contributed by atoms with Gasteiger partial charge in [-0.25, -0.2) is 0 Å². The molecule has 0 heterocycles. The van der Waals surface area contributed by atoms with Gasteiger partial charge in [0.15, 0.2) is 0 Å². The molecule has 0 aromatic heterocycles. The molecule has 0 radical (unpaired) electrons. The van der Waals surface area contributed by atoms with Crippen LogP contribution < -0.4 is 10.6 Å². The van der Waals surface area contributed by atoms with Crippen LogP contribution in [-0.2, 0) is 9.59 Å². The molecule has 6 fully saturated rings. The summed E-state index contributed by atoms with van der Waals surface area (Å²) in [4.78, 5) is 27.2. The zero-order chi connectivity index (χ0) is 20.1. The average molecular weight is 401 g/mol. The van der Waals surface area contributed by atoms with Crippen molar-refractivity contribution in [3.05, 3.63) is 0 Å². The molecule has 29 heavy (non-hydrogen) atoms. The van der Waals surface area contributed by atoms with Gasteiger partial charge in [0.2, 0.25) is 11.8 Å². The highest BCUT2D eigenvalue weighted by atomic mass is 16.2. The van der Waals surface area contributed by atoms with Gasteiger partial charge in [0.1, 0.15) is 0 Å². The van der Waals surface area contributed by atoms with E-state index in [1.807, 2.05) is 0 Å². The predicted molar refractivity (Wildman–Crippen MR) is 114 cm³/mol. The molecule has 2 unspecified atom stereocenters. The van der Waals surface area contributed by atoms with Crippen LogP contribution in [-0.4, -0.2) is 23.9 Å². The van der Waals surface area contributed by atoms with Gasteiger partial charge in [0.25, 0.3) is 0 Å². The third kappa shape index (κ3) is 3.63. The van der Waals surface area contributed by atoms with Crippen molar-refractivity contribution in [2.24, 2.45) is 22.2 Å². The fraction of sp³-hybridized carbons (Fsp3) is 0.920. The van der Waals surface area contributed by atoms with Gasteiger partial charge in [-0.15, -0.1) is 0 Å². The lowest BCUT2D eigenvalue weighted by molar-refractivity contribution is -0.182. The van der Waals surface area contributed by atoms with E-state index < -0.39 is 0 Å². The number of rotatable bonds is 4. The molecular weight excluding hydrogens is 360 g/mol. The van der Waals surface area contributed by atoms with E-state index in [0.717, 1.165) is 57.8 Å². The first kappa shape index (κ1) is 19.9. The molecule has 0 spiro atoms. The van der Waals surface area contributed by atoms with Crippen LogP contribution in [0.25, 0.3) is 0 Å². The van der Waals surface area contributed by atoms with E-state index >= 15 is 0 Å². The molecule has 0 aliphatic heterocycles. The van der Waals surface area contributed by atoms with Crippen LogP contribution in [0.4, 0.5) is 0 Å². The first-order valence-corrected chi connectivity index (χ1v) is 12.5. The SMILES string of the molecule is CC12CC3CC(C(=O)NC4CCCCC4)(C1)CC(C(=O)NC1CCCCC1)(C3)C2. The van der Waals surface area contributed by atoms with Gasteiger partial charge >= 0.3 is 0 Å². The van der Waals surface area contributed by atoms with Gasteiger partial charge in [-0.05, 0) is 75.5 Å². The minimum atomic E-state index is -0.296. The van der Waals surface area contributed by atoms with Gasteiger partial charge in [0.05, 0.1) is 10.8 Å². The maximum atomic E-state index is 13.6. The van der Waals surface area contributed by atoms with Crippen LogP contribution in [0.1, 0.15) is 110 Å². The molecule has 6 aliphatic rings. The number of hydrogen-bond acceptors (Lipinski definition) is 2. The maximum Gasteiger partial charge on any atom is 0.226 e. The molecule has 6 rings (SSSR count). The molecule has 4 bridgehead atoms. The quantitative estimate of drug-likeness (QED) is 0.708. The van der Waals surface area contributed by atoms with Crippen molar-refractivity contribution in [3.63, 3.8) is 0 Å². The van der Waals surface area contributed by atoms with Gasteiger partial charge in [-0.2, -0.15) is 0 Å². The highest BCUT2D eigenvalue weighted by Gasteiger charge is 2.66. The molecule has 162 valence electrons. The van der Waals surface area contributed by atoms with Crippen LogP contribution in [0.15, 0.2) is 0 Å².